The second-order valence-electron chi connectivity index (χ2n) is 6.18. The molecule has 4 aromatic rings. The summed E-state index contributed by atoms with van der Waals surface area (Å²) in [4.78, 5) is 26.3. The highest BCUT2D eigenvalue weighted by molar-refractivity contribution is 5.92. The van der Waals surface area contributed by atoms with Gasteiger partial charge in [-0.05, 0) is 12.1 Å². The zero-order valence-electron chi connectivity index (χ0n) is 15.1. The van der Waals surface area contributed by atoms with Gasteiger partial charge >= 0.3 is 0 Å². The molecule has 3 aromatic heterocycles. The molecule has 0 saturated heterocycles. The van der Waals surface area contributed by atoms with E-state index in [2.05, 4.69) is 20.1 Å². The highest BCUT2D eigenvalue weighted by Crippen LogP contribution is 2.25. The lowest BCUT2D eigenvalue weighted by Gasteiger charge is -2.14. The molecule has 0 fully saturated rings. The van der Waals surface area contributed by atoms with E-state index in [1.54, 1.807) is 44.1 Å². The van der Waals surface area contributed by atoms with Crippen LogP contribution >= 0.6 is 0 Å². The molecule has 4 rings (SSSR count). The topological polar surface area (TPSA) is 94.2 Å². The molecule has 0 saturated carbocycles. The Hall–Kier alpha value is -3.81. The van der Waals surface area contributed by atoms with Crippen molar-refractivity contribution in [1.29, 1.82) is 0 Å². The number of hydrogen-bond donors (Lipinski definition) is 0. The Morgan fingerprint density at radius 1 is 1.14 bits per heavy atom. The predicted octanol–water partition coefficient (Wildman–Crippen LogP) is 2.86. The van der Waals surface area contributed by atoms with Crippen LogP contribution in [0.2, 0.25) is 0 Å². The molecule has 0 spiro atoms. The predicted molar refractivity (Wildman–Crippen MR) is 100 cm³/mol. The van der Waals surface area contributed by atoms with E-state index < -0.39 is 0 Å². The maximum Gasteiger partial charge on any atom is 0.276 e. The number of hydrogen-bond acceptors (Lipinski definition) is 7. The van der Waals surface area contributed by atoms with Crippen molar-refractivity contribution in [1.82, 2.24) is 25.0 Å². The van der Waals surface area contributed by atoms with Crippen LogP contribution in [0.25, 0.3) is 10.8 Å². The van der Waals surface area contributed by atoms with Crippen LogP contribution in [-0.4, -0.2) is 38.0 Å². The van der Waals surface area contributed by atoms with Crippen LogP contribution in [-0.2, 0) is 13.2 Å². The minimum absolute atomic E-state index is 0.162. The molecule has 0 unspecified atom stereocenters. The van der Waals surface area contributed by atoms with Crippen LogP contribution in [0, 0.1) is 0 Å². The number of benzene rings is 1. The van der Waals surface area contributed by atoms with Gasteiger partial charge in [-0.15, -0.1) is 0 Å². The Kier molecular flexibility index (Phi) is 4.92. The Morgan fingerprint density at radius 3 is 2.89 bits per heavy atom. The first-order chi connectivity index (χ1) is 13.7. The van der Waals surface area contributed by atoms with Gasteiger partial charge in [0.15, 0.2) is 11.5 Å². The first kappa shape index (κ1) is 17.6. The molecule has 0 aliphatic heterocycles. The van der Waals surface area contributed by atoms with E-state index in [1.807, 2.05) is 24.3 Å². The molecule has 8 nitrogen and oxygen atoms in total. The van der Waals surface area contributed by atoms with Crippen molar-refractivity contribution < 1.29 is 14.1 Å². The van der Waals surface area contributed by atoms with E-state index >= 15 is 0 Å². The third-order valence-corrected chi connectivity index (χ3v) is 4.15. The molecule has 28 heavy (non-hydrogen) atoms. The standard InChI is InChI=1S/C20H17N5O3/c1-25(12-15-11-22-7-8-23-15)20(26)18-9-16(28-24-18)13-27-19-4-2-3-14-10-21-6-5-17(14)19/h2-11H,12-13H2,1H3. The fourth-order valence-corrected chi connectivity index (χ4v) is 2.77. The maximum atomic E-state index is 12.5. The van der Waals surface area contributed by atoms with Crippen LogP contribution in [0.5, 0.6) is 5.75 Å². The largest absolute Gasteiger partial charge is 0.485 e. The third-order valence-electron chi connectivity index (χ3n) is 4.15. The quantitative estimate of drug-likeness (QED) is 0.511. The number of amides is 1. The molecular formula is C20H17N5O3. The molecule has 140 valence electrons. The van der Waals surface area contributed by atoms with Crippen molar-refractivity contribution in [2.45, 2.75) is 13.2 Å². The number of fused-ring (bicyclic) bond motifs is 1. The average molecular weight is 375 g/mol. The Bertz CT molecular complexity index is 1090. The summed E-state index contributed by atoms with van der Waals surface area (Å²) >= 11 is 0. The lowest BCUT2D eigenvalue weighted by atomic mass is 10.1. The third kappa shape index (κ3) is 3.80. The van der Waals surface area contributed by atoms with Crippen molar-refractivity contribution >= 4 is 16.7 Å². The number of nitrogens with zero attached hydrogens (tertiary/aromatic N) is 5. The fourth-order valence-electron chi connectivity index (χ4n) is 2.77. The van der Waals surface area contributed by atoms with Crippen LogP contribution in [0.4, 0.5) is 0 Å². The number of carbonyl (C=O) groups excluding carboxylic acids is 1. The molecular weight excluding hydrogens is 358 g/mol. The molecule has 3 heterocycles. The summed E-state index contributed by atoms with van der Waals surface area (Å²) in [6.07, 6.45) is 8.28. The molecule has 1 amide bonds. The van der Waals surface area contributed by atoms with E-state index in [0.29, 0.717) is 23.7 Å². The summed E-state index contributed by atoms with van der Waals surface area (Å²) < 4.78 is 11.1. The monoisotopic (exact) mass is 375 g/mol. The van der Waals surface area contributed by atoms with Gasteiger partial charge in [0, 0.05) is 48.7 Å². The Labute approximate surface area is 160 Å². The first-order valence-corrected chi connectivity index (χ1v) is 8.62. The van der Waals surface area contributed by atoms with Gasteiger partial charge in [0.1, 0.15) is 12.4 Å². The van der Waals surface area contributed by atoms with Gasteiger partial charge in [0.05, 0.1) is 18.4 Å². The first-order valence-electron chi connectivity index (χ1n) is 8.62. The Balaban J connectivity index is 1.42. The van der Waals surface area contributed by atoms with Crippen molar-refractivity contribution in [2.75, 3.05) is 7.05 Å². The van der Waals surface area contributed by atoms with Crippen LogP contribution in [0.15, 0.2) is 65.8 Å². The van der Waals surface area contributed by atoms with E-state index in [0.717, 1.165) is 10.8 Å². The molecule has 0 radical (unpaired) electrons. The molecule has 8 heteroatoms. The number of aromatic nitrogens is 4. The second-order valence-corrected chi connectivity index (χ2v) is 6.18. The van der Waals surface area contributed by atoms with E-state index in [-0.39, 0.29) is 18.2 Å². The van der Waals surface area contributed by atoms with Crippen LogP contribution in [0.1, 0.15) is 21.9 Å². The fraction of sp³-hybridized carbons (Fsp3) is 0.150. The van der Waals surface area contributed by atoms with Gasteiger partial charge in [-0.2, -0.15) is 0 Å². The van der Waals surface area contributed by atoms with Gasteiger partial charge in [-0.3, -0.25) is 19.7 Å². The van der Waals surface area contributed by atoms with Gasteiger partial charge in [-0.25, -0.2) is 0 Å². The van der Waals surface area contributed by atoms with E-state index in [1.165, 1.54) is 4.90 Å². The molecule has 0 N–H and O–H groups in total. The smallest absolute Gasteiger partial charge is 0.276 e. The lowest BCUT2D eigenvalue weighted by Crippen LogP contribution is -2.26. The zero-order valence-corrected chi connectivity index (χ0v) is 15.1. The number of pyridine rings is 1. The SMILES string of the molecule is CN(Cc1cnccn1)C(=O)c1cc(COc2cccc3cnccc23)on1. The molecule has 1 aromatic carbocycles. The summed E-state index contributed by atoms with van der Waals surface area (Å²) in [5.74, 6) is 0.906. The zero-order chi connectivity index (χ0) is 19.3. The molecule has 0 aliphatic rings. The summed E-state index contributed by atoms with van der Waals surface area (Å²) in [6.45, 7) is 0.491. The number of rotatable bonds is 6. The summed E-state index contributed by atoms with van der Waals surface area (Å²) in [5.41, 5.74) is 0.906. The molecule has 0 atom stereocenters. The van der Waals surface area contributed by atoms with Crippen molar-refractivity contribution in [3.63, 3.8) is 0 Å². The van der Waals surface area contributed by atoms with Gasteiger partial charge in [0.25, 0.3) is 5.91 Å². The van der Waals surface area contributed by atoms with Gasteiger partial charge in [-0.1, -0.05) is 17.3 Å². The maximum absolute atomic E-state index is 12.5. The average Bonchev–Trinajstić information content (AvgIpc) is 3.21. The Morgan fingerprint density at radius 2 is 2.04 bits per heavy atom. The highest BCUT2D eigenvalue weighted by Gasteiger charge is 2.18. The highest BCUT2D eigenvalue weighted by atomic mass is 16.5. The van der Waals surface area contributed by atoms with E-state index in [9.17, 15) is 4.79 Å². The molecule has 0 aliphatic carbocycles. The number of carbonyl (C=O) groups is 1. The van der Waals surface area contributed by atoms with Crippen LogP contribution < -0.4 is 4.74 Å². The second kappa shape index (κ2) is 7.83. The minimum Gasteiger partial charge on any atom is -0.485 e. The van der Waals surface area contributed by atoms with Crippen molar-refractivity contribution in [3.8, 4) is 5.75 Å². The normalized spacial score (nSPS) is 10.8. The minimum atomic E-state index is -0.267. The van der Waals surface area contributed by atoms with Gasteiger partial charge in [0.2, 0.25) is 0 Å². The summed E-state index contributed by atoms with van der Waals surface area (Å²) in [6, 6.07) is 9.21. The summed E-state index contributed by atoms with van der Waals surface area (Å²) in [7, 11) is 1.67. The summed E-state index contributed by atoms with van der Waals surface area (Å²) in [5, 5.41) is 5.80. The van der Waals surface area contributed by atoms with Crippen molar-refractivity contribution in [3.05, 3.63) is 78.5 Å². The van der Waals surface area contributed by atoms with E-state index in [4.69, 9.17) is 9.26 Å². The van der Waals surface area contributed by atoms with Gasteiger partial charge < -0.3 is 14.2 Å². The molecule has 0 bridgehead atoms. The lowest BCUT2D eigenvalue weighted by molar-refractivity contribution is 0.0772. The van der Waals surface area contributed by atoms with Crippen molar-refractivity contribution in [2.24, 2.45) is 0 Å². The van der Waals surface area contributed by atoms with Crippen LogP contribution in [0.3, 0.4) is 0 Å². The number of ether oxygens (including phenoxy) is 1.